The topological polar surface area (TPSA) is 96.9 Å². The highest BCUT2D eigenvalue weighted by molar-refractivity contribution is 6.31. The van der Waals surface area contributed by atoms with Crippen molar-refractivity contribution in [3.63, 3.8) is 0 Å². The zero-order valence-corrected chi connectivity index (χ0v) is 18.9. The van der Waals surface area contributed by atoms with Crippen LogP contribution in [-0.2, 0) is 9.59 Å². The van der Waals surface area contributed by atoms with Crippen molar-refractivity contribution in [2.24, 2.45) is 0 Å². The van der Waals surface area contributed by atoms with E-state index in [0.29, 0.717) is 21.5 Å². The lowest BCUT2D eigenvalue weighted by atomic mass is 10.2. The minimum Gasteiger partial charge on any atom is -0.484 e. The predicted molar refractivity (Wildman–Crippen MR) is 120 cm³/mol. The molecule has 2 aromatic rings. The number of rotatable bonds is 11. The normalized spacial score (nSPS) is 11.5. The first-order chi connectivity index (χ1) is 14.7. The summed E-state index contributed by atoms with van der Waals surface area (Å²) >= 11 is 11.9. The summed E-state index contributed by atoms with van der Waals surface area (Å²) < 4.78 is 10.8. The number of hydrogen-bond acceptors (Lipinski definition) is 5. The second kappa shape index (κ2) is 12.4. The van der Waals surface area contributed by atoms with Gasteiger partial charge in [-0.25, -0.2) is 0 Å². The lowest BCUT2D eigenvalue weighted by molar-refractivity contribution is -0.124. The zero-order chi connectivity index (χ0) is 22.8. The van der Waals surface area contributed by atoms with E-state index in [1.165, 1.54) is 0 Å². The van der Waals surface area contributed by atoms with E-state index in [1.807, 2.05) is 13.8 Å². The van der Waals surface area contributed by atoms with Gasteiger partial charge in [0.05, 0.1) is 6.10 Å². The fraction of sp³-hybridized carbons (Fsp3) is 0.364. The lowest BCUT2D eigenvalue weighted by Gasteiger charge is -2.13. The van der Waals surface area contributed by atoms with Gasteiger partial charge in [-0.15, -0.1) is 0 Å². The molecular formula is C22H26Cl2N2O5. The summed E-state index contributed by atoms with van der Waals surface area (Å²) in [6.07, 6.45) is -0.523. The van der Waals surface area contributed by atoms with Gasteiger partial charge in [-0.1, -0.05) is 23.2 Å². The van der Waals surface area contributed by atoms with Crippen LogP contribution >= 0.6 is 23.2 Å². The van der Waals surface area contributed by atoms with Gasteiger partial charge in [0, 0.05) is 23.1 Å². The molecule has 1 atom stereocenters. The van der Waals surface area contributed by atoms with Crippen LogP contribution in [0.1, 0.15) is 17.5 Å². The van der Waals surface area contributed by atoms with Crippen molar-refractivity contribution >= 4 is 35.0 Å². The van der Waals surface area contributed by atoms with Crippen LogP contribution in [0.5, 0.6) is 11.5 Å². The molecule has 3 N–H and O–H groups in total. The molecule has 2 rings (SSSR count). The molecule has 2 amide bonds. The number of halogens is 2. The second-order valence-corrected chi connectivity index (χ2v) is 7.81. The second-order valence-electron chi connectivity index (χ2n) is 7.00. The summed E-state index contributed by atoms with van der Waals surface area (Å²) in [4.78, 5) is 23.7. The first-order valence-electron chi connectivity index (χ1n) is 9.74. The molecule has 0 bridgehead atoms. The Balaban J connectivity index is 1.57. The Morgan fingerprint density at radius 3 is 1.87 bits per heavy atom. The third kappa shape index (κ3) is 9.04. The molecule has 0 saturated carbocycles. The van der Waals surface area contributed by atoms with Crippen LogP contribution in [0.4, 0.5) is 0 Å². The number of carbonyl (C=O) groups excluding carboxylic acids is 2. The number of carbonyl (C=O) groups is 2. The molecule has 0 aliphatic heterocycles. The molecule has 168 valence electrons. The fourth-order valence-electron chi connectivity index (χ4n) is 2.53. The van der Waals surface area contributed by atoms with Crippen molar-refractivity contribution in [1.29, 1.82) is 0 Å². The molecule has 0 radical (unpaired) electrons. The number of aryl methyl sites for hydroxylation is 2. The van der Waals surface area contributed by atoms with Gasteiger partial charge in [0.1, 0.15) is 11.5 Å². The quantitative estimate of drug-likeness (QED) is 0.470. The predicted octanol–water partition coefficient (Wildman–Crippen LogP) is 3.05. The van der Waals surface area contributed by atoms with Crippen LogP contribution < -0.4 is 20.1 Å². The molecule has 0 aliphatic rings. The smallest absolute Gasteiger partial charge is 0.258 e. The van der Waals surface area contributed by atoms with Gasteiger partial charge in [0.15, 0.2) is 13.2 Å². The van der Waals surface area contributed by atoms with Crippen LogP contribution in [-0.4, -0.2) is 49.3 Å². The average molecular weight is 469 g/mol. The first-order valence-corrected chi connectivity index (χ1v) is 10.5. The third-order valence-electron chi connectivity index (χ3n) is 4.33. The van der Waals surface area contributed by atoms with E-state index < -0.39 is 6.10 Å². The number of aliphatic hydroxyl groups is 1. The number of benzene rings is 2. The van der Waals surface area contributed by atoms with E-state index in [0.717, 1.165) is 11.1 Å². The van der Waals surface area contributed by atoms with Crippen LogP contribution in [0.25, 0.3) is 0 Å². The Kier molecular flexibility index (Phi) is 9.91. The summed E-state index contributed by atoms with van der Waals surface area (Å²) in [5.74, 6) is 0.421. The third-order valence-corrected chi connectivity index (χ3v) is 5.18. The Bertz CT molecular complexity index is 907. The van der Waals surface area contributed by atoms with E-state index in [4.69, 9.17) is 32.7 Å². The Morgan fingerprint density at radius 1 is 0.903 bits per heavy atom. The van der Waals surface area contributed by atoms with E-state index in [9.17, 15) is 14.7 Å². The van der Waals surface area contributed by atoms with Crippen molar-refractivity contribution in [3.05, 3.63) is 57.6 Å². The minimum absolute atomic E-state index is 0.0538. The molecule has 0 spiro atoms. The maximum Gasteiger partial charge on any atom is 0.258 e. The molecule has 7 nitrogen and oxygen atoms in total. The number of aliphatic hydroxyl groups excluding tert-OH is 1. The summed E-state index contributed by atoms with van der Waals surface area (Å²) in [5, 5.41) is 16.5. The van der Waals surface area contributed by atoms with E-state index >= 15 is 0 Å². The van der Waals surface area contributed by atoms with Crippen LogP contribution in [0.3, 0.4) is 0 Å². The summed E-state index contributed by atoms with van der Waals surface area (Å²) in [6.45, 7) is 3.68. The summed E-state index contributed by atoms with van der Waals surface area (Å²) in [7, 11) is 0. The maximum atomic E-state index is 11.9. The lowest BCUT2D eigenvalue weighted by Crippen LogP contribution is -2.37. The average Bonchev–Trinajstić information content (AvgIpc) is 2.74. The van der Waals surface area contributed by atoms with Crippen LogP contribution in [0, 0.1) is 13.8 Å². The molecule has 9 heteroatoms. The monoisotopic (exact) mass is 468 g/mol. The van der Waals surface area contributed by atoms with Crippen molar-refractivity contribution in [2.75, 3.05) is 26.3 Å². The first kappa shape index (κ1) is 24.8. The zero-order valence-electron chi connectivity index (χ0n) is 17.4. The van der Waals surface area contributed by atoms with Gasteiger partial charge in [-0.05, 0) is 67.8 Å². The van der Waals surface area contributed by atoms with Gasteiger partial charge < -0.3 is 25.2 Å². The molecule has 0 heterocycles. The van der Waals surface area contributed by atoms with Gasteiger partial charge in [-0.2, -0.15) is 0 Å². The summed E-state index contributed by atoms with van der Waals surface area (Å²) in [5.41, 5.74) is 1.71. The highest BCUT2D eigenvalue weighted by Crippen LogP contribution is 2.21. The van der Waals surface area contributed by atoms with Gasteiger partial charge >= 0.3 is 0 Å². The SMILES string of the molecule is Cc1cc(OCC(=O)NCC[C@H](O)CNC(=O)COc2ccc(Cl)c(C)c2)ccc1Cl. The van der Waals surface area contributed by atoms with Gasteiger partial charge in [0.25, 0.3) is 11.8 Å². The van der Waals surface area contributed by atoms with E-state index in [-0.39, 0.29) is 44.5 Å². The van der Waals surface area contributed by atoms with Gasteiger partial charge in [-0.3, -0.25) is 9.59 Å². The molecular weight excluding hydrogens is 443 g/mol. The Hall–Kier alpha value is -2.48. The highest BCUT2D eigenvalue weighted by Gasteiger charge is 2.10. The standard InChI is InChI=1S/C22H26Cl2N2O5/c1-14-9-17(3-5-19(14)23)30-12-21(28)25-8-7-16(27)11-26-22(29)13-31-18-4-6-20(24)15(2)10-18/h3-6,9-10,16,27H,7-8,11-13H2,1-2H3,(H,25,28)(H,26,29)/t16-/m0/s1. The molecule has 0 unspecified atom stereocenters. The van der Waals surface area contributed by atoms with Crippen molar-refractivity contribution in [3.8, 4) is 11.5 Å². The number of nitrogens with one attached hydrogen (secondary N) is 2. The van der Waals surface area contributed by atoms with E-state index in [1.54, 1.807) is 36.4 Å². The molecule has 0 fully saturated rings. The molecule has 31 heavy (non-hydrogen) atoms. The number of hydrogen-bond donors (Lipinski definition) is 3. The molecule has 0 aromatic heterocycles. The highest BCUT2D eigenvalue weighted by atomic mass is 35.5. The Morgan fingerprint density at radius 2 is 1.39 bits per heavy atom. The van der Waals surface area contributed by atoms with E-state index in [2.05, 4.69) is 10.6 Å². The van der Waals surface area contributed by atoms with Crippen molar-refractivity contribution in [1.82, 2.24) is 10.6 Å². The molecule has 2 aromatic carbocycles. The Labute approximate surface area is 191 Å². The minimum atomic E-state index is -0.804. The molecule has 0 aliphatic carbocycles. The van der Waals surface area contributed by atoms with Crippen LogP contribution in [0.2, 0.25) is 10.0 Å². The van der Waals surface area contributed by atoms with Crippen molar-refractivity contribution < 1.29 is 24.2 Å². The largest absolute Gasteiger partial charge is 0.484 e. The molecule has 0 saturated heterocycles. The maximum absolute atomic E-state index is 11.9. The van der Waals surface area contributed by atoms with Gasteiger partial charge in [0.2, 0.25) is 0 Å². The van der Waals surface area contributed by atoms with Crippen LogP contribution in [0.15, 0.2) is 36.4 Å². The summed E-state index contributed by atoms with van der Waals surface area (Å²) in [6, 6.07) is 10.3. The van der Waals surface area contributed by atoms with Crippen molar-refractivity contribution in [2.45, 2.75) is 26.4 Å². The fourth-order valence-corrected chi connectivity index (χ4v) is 2.76. The number of amides is 2. The number of ether oxygens (including phenoxy) is 2.